The highest BCUT2D eigenvalue weighted by molar-refractivity contribution is 8.00. The summed E-state index contributed by atoms with van der Waals surface area (Å²) in [6.07, 6.45) is 0. The number of thioether (sulfide) groups is 1. The van der Waals surface area contributed by atoms with Gasteiger partial charge in [-0.15, -0.1) is 5.10 Å². The third kappa shape index (κ3) is 4.43. The number of amides is 1. The van der Waals surface area contributed by atoms with E-state index in [1.807, 2.05) is 80.5 Å². The topological polar surface area (TPSA) is 73.9 Å². The van der Waals surface area contributed by atoms with Crippen LogP contribution >= 0.6 is 11.8 Å². The molecule has 0 spiro atoms. The maximum Gasteiger partial charge on any atom is 0.237 e. The van der Waals surface area contributed by atoms with Gasteiger partial charge in [-0.25, -0.2) is 4.98 Å². The van der Waals surface area contributed by atoms with Crippen molar-refractivity contribution < 1.29 is 4.79 Å². The Hall–Kier alpha value is -2.80. The first kappa shape index (κ1) is 18.0. The Morgan fingerprint density at radius 2 is 1.81 bits per heavy atom. The van der Waals surface area contributed by atoms with Gasteiger partial charge in [-0.2, -0.15) is 0 Å². The maximum absolute atomic E-state index is 12.4. The quantitative estimate of drug-likeness (QED) is 0.651. The molecule has 26 heavy (non-hydrogen) atoms. The molecule has 2 N–H and O–H groups in total. The van der Waals surface area contributed by atoms with Gasteiger partial charge in [-0.05, 0) is 31.2 Å². The predicted molar refractivity (Wildman–Crippen MR) is 107 cm³/mol. The standard InChI is InChI=1S/C19H21N5OS/c1-13(18(25)20-15-9-11-16(12-10-15)24(2)3)26-19-21-17(22-23-19)14-7-5-4-6-8-14/h4-13H,1-3H3,(H,20,25)(H,21,22,23)/t13-/m0/s1. The molecule has 0 aliphatic heterocycles. The average molecular weight is 367 g/mol. The van der Waals surface area contributed by atoms with E-state index in [4.69, 9.17) is 0 Å². The Bertz CT molecular complexity index is 861. The SMILES string of the molecule is C[C@H](Sc1n[nH]c(-c2ccccc2)n1)C(=O)Nc1ccc(N(C)C)cc1. The zero-order valence-electron chi connectivity index (χ0n) is 14.9. The zero-order chi connectivity index (χ0) is 18.5. The molecule has 134 valence electrons. The number of rotatable bonds is 6. The van der Waals surface area contributed by atoms with Crippen LogP contribution in [0.5, 0.6) is 0 Å². The molecule has 1 heterocycles. The molecule has 2 aromatic carbocycles. The Labute approximate surface area is 157 Å². The van der Waals surface area contributed by atoms with Gasteiger partial charge in [0.25, 0.3) is 0 Å². The Balaban J connectivity index is 1.60. The van der Waals surface area contributed by atoms with Crippen LogP contribution in [0.4, 0.5) is 11.4 Å². The van der Waals surface area contributed by atoms with Crippen LogP contribution in [0.3, 0.4) is 0 Å². The van der Waals surface area contributed by atoms with E-state index in [0.29, 0.717) is 11.0 Å². The molecule has 0 unspecified atom stereocenters. The fourth-order valence-electron chi connectivity index (χ4n) is 2.32. The zero-order valence-corrected chi connectivity index (χ0v) is 15.7. The van der Waals surface area contributed by atoms with Gasteiger partial charge in [0.05, 0.1) is 5.25 Å². The summed E-state index contributed by atoms with van der Waals surface area (Å²) in [7, 11) is 3.96. The van der Waals surface area contributed by atoms with Gasteiger partial charge in [-0.3, -0.25) is 9.89 Å². The van der Waals surface area contributed by atoms with Crippen LogP contribution in [0, 0.1) is 0 Å². The van der Waals surface area contributed by atoms with Crippen molar-refractivity contribution in [2.75, 3.05) is 24.3 Å². The normalized spacial score (nSPS) is 11.8. The highest BCUT2D eigenvalue weighted by Crippen LogP contribution is 2.24. The lowest BCUT2D eigenvalue weighted by Gasteiger charge is -2.14. The van der Waals surface area contributed by atoms with Gasteiger partial charge in [0.1, 0.15) is 0 Å². The Morgan fingerprint density at radius 1 is 1.12 bits per heavy atom. The fourth-order valence-corrected chi connectivity index (χ4v) is 3.05. The highest BCUT2D eigenvalue weighted by atomic mass is 32.2. The van der Waals surface area contributed by atoms with Gasteiger partial charge < -0.3 is 10.2 Å². The summed E-state index contributed by atoms with van der Waals surface area (Å²) >= 11 is 1.32. The Kier molecular flexibility index (Phi) is 5.58. The van der Waals surface area contributed by atoms with Crippen LogP contribution in [-0.2, 0) is 4.79 Å². The number of nitrogens with zero attached hydrogens (tertiary/aromatic N) is 3. The van der Waals surface area contributed by atoms with Gasteiger partial charge in [0, 0.05) is 31.0 Å². The predicted octanol–water partition coefficient (Wildman–Crippen LogP) is 3.66. The van der Waals surface area contributed by atoms with Crippen LogP contribution in [0.2, 0.25) is 0 Å². The summed E-state index contributed by atoms with van der Waals surface area (Å²) in [5, 5.41) is 10.3. The van der Waals surface area contributed by atoms with Gasteiger partial charge in [0.2, 0.25) is 11.1 Å². The van der Waals surface area contributed by atoms with Crippen molar-refractivity contribution >= 4 is 29.0 Å². The molecule has 0 saturated carbocycles. The molecule has 3 rings (SSSR count). The molecular weight excluding hydrogens is 346 g/mol. The van der Waals surface area contributed by atoms with Gasteiger partial charge >= 0.3 is 0 Å². The molecule has 1 amide bonds. The van der Waals surface area contributed by atoms with Gasteiger partial charge in [0.15, 0.2) is 5.82 Å². The molecule has 1 atom stereocenters. The van der Waals surface area contributed by atoms with Crippen LogP contribution in [-0.4, -0.2) is 40.4 Å². The van der Waals surface area contributed by atoms with Crippen molar-refractivity contribution in [1.29, 1.82) is 0 Å². The molecule has 0 bridgehead atoms. The highest BCUT2D eigenvalue weighted by Gasteiger charge is 2.17. The molecule has 3 aromatic rings. The molecular formula is C19H21N5OS. The number of aromatic amines is 1. The number of carbonyl (C=O) groups is 1. The summed E-state index contributed by atoms with van der Waals surface area (Å²) in [6.45, 7) is 1.84. The molecule has 6 nitrogen and oxygen atoms in total. The number of benzene rings is 2. The summed E-state index contributed by atoms with van der Waals surface area (Å²) in [5.74, 6) is 0.610. The number of hydrogen-bond donors (Lipinski definition) is 2. The third-order valence-electron chi connectivity index (χ3n) is 3.81. The number of carbonyl (C=O) groups excluding carboxylic acids is 1. The lowest BCUT2D eigenvalue weighted by molar-refractivity contribution is -0.115. The van der Waals surface area contributed by atoms with Crippen molar-refractivity contribution in [3.05, 3.63) is 54.6 Å². The van der Waals surface area contributed by atoms with E-state index >= 15 is 0 Å². The van der Waals surface area contributed by atoms with Crippen molar-refractivity contribution in [2.45, 2.75) is 17.3 Å². The minimum Gasteiger partial charge on any atom is -0.378 e. The van der Waals surface area contributed by atoms with Crippen molar-refractivity contribution in [3.8, 4) is 11.4 Å². The van der Waals surface area contributed by atoms with Gasteiger partial charge in [-0.1, -0.05) is 42.1 Å². The first-order chi connectivity index (χ1) is 12.5. The number of aromatic nitrogens is 3. The first-order valence-corrected chi connectivity index (χ1v) is 9.13. The second-order valence-corrected chi connectivity index (χ2v) is 7.33. The molecule has 0 radical (unpaired) electrons. The van der Waals surface area contributed by atoms with Crippen LogP contribution in [0.1, 0.15) is 6.92 Å². The minimum absolute atomic E-state index is 0.0846. The van der Waals surface area contributed by atoms with Crippen LogP contribution < -0.4 is 10.2 Å². The van der Waals surface area contributed by atoms with E-state index in [1.165, 1.54) is 11.8 Å². The van der Waals surface area contributed by atoms with E-state index in [0.717, 1.165) is 16.9 Å². The number of hydrogen-bond acceptors (Lipinski definition) is 5. The average Bonchev–Trinajstić information content (AvgIpc) is 3.11. The monoisotopic (exact) mass is 367 g/mol. The number of anilines is 2. The molecule has 1 aromatic heterocycles. The number of H-pyrrole nitrogens is 1. The second-order valence-electron chi connectivity index (χ2n) is 6.02. The van der Waals surface area contributed by atoms with E-state index in [2.05, 4.69) is 20.5 Å². The summed E-state index contributed by atoms with van der Waals surface area (Å²) < 4.78 is 0. The molecule has 0 fully saturated rings. The maximum atomic E-state index is 12.4. The van der Waals surface area contributed by atoms with Crippen molar-refractivity contribution in [3.63, 3.8) is 0 Å². The van der Waals surface area contributed by atoms with Crippen LogP contribution in [0.25, 0.3) is 11.4 Å². The van der Waals surface area contributed by atoms with E-state index < -0.39 is 0 Å². The van der Waals surface area contributed by atoms with Crippen LogP contribution in [0.15, 0.2) is 59.8 Å². The first-order valence-electron chi connectivity index (χ1n) is 8.25. The summed E-state index contributed by atoms with van der Waals surface area (Å²) in [5.41, 5.74) is 2.82. The third-order valence-corrected chi connectivity index (χ3v) is 4.78. The summed E-state index contributed by atoms with van der Waals surface area (Å²) in [6, 6.07) is 17.5. The Morgan fingerprint density at radius 3 is 2.46 bits per heavy atom. The largest absolute Gasteiger partial charge is 0.378 e. The fraction of sp³-hybridized carbons (Fsp3) is 0.211. The van der Waals surface area contributed by atoms with E-state index in [-0.39, 0.29) is 11.2 Å². The number of nitrogens with one attached hydrogen (secondary N) is 2. The molecule has 0 aliphatic carbocycles. The van der Waals surface area contributed by atoms with E-state index in [9.17, 15) is 4.79 Å². The minimum atomic E-state index is -0.317. The molecule has 0 aliphatic rings. The lowest BCUT2D eigenvalue weighted by Crippen LogP contribution is -2.22. The lowest BCUT2D eigenvalue weighted by atomic mass is 10.2. The van der Waals surface area contributed by atoms with E-state index in [1.54, 1.807) is 0 Å². The second kappa shape index (κ2) is 8.05. The smallest absolute Gasteiger partial charge is 0.237 e. The summed E-state index contributed by atoms with van der Waals surface area (Å²) in [4.78, 5) is 18.9. The molecule has 7 heteroatoms. The van der Waals surface area contributed by atoms with Crippen molar-refractivity contribution in [2.24, 2.45) is 0 Å². The molecule has 0 saturated heterocycles. The van der Waals surface area contributed by atoms with Crippen molar-refractivity contribution in [1.82, 2.24) is 15.2 Å².